The van der Waals surface area contributed by atoms with Gasteiger partial charge in [-0.3, -0.25) is 0 Å². The van der Waals surface area contributed by atoms with E-state index in [-0.39, 0.29) is 0 Å². The van der Waals surface area contributed by atoms with Crippen molar-refractivity contribution >= 4 is 5.82 Å². The van der Waals surface area contributed by atoms with Gasteiger partial charge in [-0.05, 0) is 49.8 Å². The molecule has 2 heterocycles. The smallest absolute Gasteiger partial charge is 0.128 e. The zero-order valence-electron chi connectivity index (χ0n) is 10.8. The standard InChI is InChI=1S/C14H22N2O/c1-11-4-3-8-16(9-6-11)14-10-13(12(2)17)5-7-15-14/h5,7,10-12,17H,3-4,6,8-9H2,1-2H3. The van der Waals surface area contributed by atoms with E-state index in [0.29, 0.717) is 0 Å². The maximum Gasteiger partial charge on any atom is 0.128 e. The van der Waals surface area contributed by atoms with Crippen LogP contribution in [0.4, 0.5) is 5.82 Å². The van der Waals surface area contributed by atoms with Crippen LogP contribution in [-0.4, -0.2) is 23.2 Å². The molecule has 0 radical (unpaired) electrons. The van der Waals surface area contributed by atoms with Gasteiger partial charge in [0.25, 0.3) is 0 Å². The second kappa shape index (κ2) is 5.50. The van der Waals surface area contributed by atoms with Crippen molar-refractivity contribution in [1.29, 1.82) is 0 Å². The predicted molar refractivity (Wildman–Crippen MR) is 70.1 cm³/mol. The van der Waals surface area contributed by atoms with Gasteiger partial charge in [0.2, 0.25) is 0 Å². The topological polar surface area (TPSA) is 36.4 Å². The van der Waals surface area contributed by atoms with Gasteiger partial charge in [-0.15, -0.1) is 0 Å². The molecule has 0 bridgehead atoms. The molecule has 0 amide bonds. The van der Waals surface area contributed by atoms with E-state index in [0.717, 1.165) is 30.4 Å². The Bertz CT molecular complexity index is 365. The van der Waals surface area contributed by atoms with Gasteiger partial charge in [0.15, 0.2) is 0 Å². The summed E-state index contributed by atoms with van der Waals surface area (Å²) in [5.74, 6) is 1.83. The van der Waals surface area contributed by atoms with Crippen LogP contribution >= 0.6 is 0 Å². The van der Waals surface area contributed by atoms with Crippen molar-refractivity contribution in [2.24, 2.45) is 5.92 Å². The van der Waals surface area contributed by atoms with E-state index in [1.54, 1.807) is 13.1 Å². The summed E-state index contributed by atoms with van der Waals surface area (Å²) in [6.07, 6.45) is 5.17. The molecule has 0 aromatic carbocycles. The highest BCUT2D eigenvalue weighted by atomic mass is 16.3. The van der Waals surface area contributed by atoms with Crippen molar-refractivity contribution in [3.8, 4) is 0 Å². The number of hydrogen-bond donors (Lipinski definition) is 1. The Kier molecular flexibility index (Phi) is 4.00. The van der Waals surface area contributed by atoms with Crippen molar-refractivity contribution < 1.29 is 5.11 Å². The summed E-state index contributed by atoms with van der Waals surface area (Å²) in [6.45, 7) is 6.28. The number of rotatable bonds is 2. The molecule has 94 valence electrons. The van der Waals surface area contributed by atoms with Gasteiger partial charge < -0.3 is 10.0 Å². The van der Waals surface area contributed by atoms with Crippen molar-refractivity contribution in [3.05, 3.63) is 23.9 Å². The highest BCUT2D eigenvalue weighted by molar-refractivity contribution is 5.41. The molecule has 0 spiro atoms. The summed E-state index contributed by atoms with van der Waals surface area (Å²) in [7, 11) is 0. The van der Waals surface area contributed by atoms with Gasteiger partial charge >= 0.3 is 0 Å². The van der Waals surface area contributed by atoms with Crippen molar-refractivity contribution in [3.63, 3.8) is 0 Å². The van der Waals surface area contributed by atoms with Crippen LogP contribution in [0.3, 0.4) is 0 Å². The van der Waals surface area contributed by atoms with E-state index in [1.807, 2.05) is 12.1 Å². The second-order valence-corrected chi connectivity index (χ2v) is 5.15. The fraction of sp³-hybridized carbons (Fsp3) is 0.643. The maximum atomic E-state index is 9.60. The van der Waals surface area contributed by atoms with Crippen LogP contribution in [0.2, 0.25) is 0 Å². The summed E-state index contributed by atoms with van der Waals surface area (Å²) in [5, 5.41) is 9.60. The number of hydrogen-bond acceptors (Lipinski definition) is 3. The Morgan fingerprint density at radius 3 is 3.00 bits per heavy atom. The first-order chi connectivity index (χ1) is 8.16. The molecule has 2 unspecified atom stereocenters. The van der Waals surface area contributed by atoms with Crippen LogP contribution in [0.1, 0.15) is 44.8 Å². The largest absolute Gasteiger partial charge is 0.389 e. The zero-order chi connectivity index (χ0) is 12.3. The van der Waals surface area contributed by atoms with Crippen LogP contribution in [0.25, 0.3) is 0 Å². The number of nitrogens with zero attached hydrogens (tertiary/aromatic N) is 2. The summed E-state index contributed by atoms with van der Waals surface area (Å²) >= 11 is 0. The number of pyridine rings is 1. The van der Waals surface area contributed by atoms with E-state index in [4.69, 9.17) is 0 Å². The number of aliphatic hydroxyl groups is 1. The van der Waals surface area contributed by atoms with Crippen LogP contribution < -0.4 is 4.90 Å². The highest BCUT2D eigenvalue weighted by Crippen LogP contribution is 2.23. The Morgan fingerprint density at radius 2 is 2.24 bits per heavy atom. The Labute approximate surface area is 103 Å². The lowest BCUT2D eigenvalue weighted by atomic mass is 10.0. The summed E-state index contributed by atoms with van der Waals surface area (Å²) in [6, 6.07) is 3.90. The quantitative estimate of drug-likeness (QED) is 0.854. The molecule has 3 heteroatoms. The minimum Gasteiger partial charge on any atom is -0.389 e. The Balaban J connectivity index is 2.13. The lowest BCUT2D eigenvalue weighted by molar-refractivity contribution is 0.199. The van der Waals surface area contributed by atoms with Crippen molar-refractivity contribution in [2.45, 2.75) is 39.2 Å². The van der Waals surface area contributed by atoms with E-state index in [1.165, 1.54) is 19.3 Å². The molecule has 0 aliphatic carbocycles. The van der Waals surface area contributed by atoms with E-state index in [2.05, 4.69) is 16.8 Å². The lowest BCUT2D eigenvalue weighted by Crippen LogP contribution is -2.25. The molecule has 2 atom stereocenters. The van der Waals surface area contributed by atoms with Gasteiger partial charge in [-0.1, -0.05) is 6.92 Å². The third kappa shape index (κ3) is 3.19. The van der Waals surface area contributed by atoms with Crippen molar-refractivity contribution in [2.75, 3.05) is 18.0 Å². The normalized spacial score (nSPS) is 23.2. The van der Waals surface area contributed by atoms with Crippen LogP contribution in [0.15, 0.2) is 18.3 Å². The molecule has 0 saturated carbocycles. The van der Waals surface area contributed by atoms with E-state index in [9.17, 15) is 5.11 Å². The van der Waals surface area contributed by atoms with Gasteiger partial charge in [0, 0.05) is 19.3 Å². The fourth-order valence-corrected chi connectivity index (χ4v) is 2.36. The summed E-state index contributed by atoms with van der Waals surface area (Å²) < 4.78 is 0. The average molecular weight is 234 g/mol. The predicted octanol–water partition coefficient (Wildman–Crippen LogP) is 2.76. The summed E-state index contributed by atoms with van der Waals surface area (Å²) in [4.78, 5) is 6.77. The summed E-state index contributed by atoms with van der Waals surface area (Å²) in [5.41, 5.74) is 0.951. The van der Waals surface area contributed by atoms with Gasteiger partial charge in [0.05, 0.1) is 6.10 Å². The first kappa shape index (κ1) is 12.4. The monoisotopic (exact) mass is 234 g/mol. The second-order valence-electron chi connectivity index (χ2n) is 5.15. The molecule has 1 aliphatic rings. The SMILES string of the molecule is CC1CCCN(c2cc(C(C)O)ccn2)CC1. The first-order valence-electron chi connectivity index (χ1n) is 6.56. The molecular formula is C14H22N2O. The number of aliphatic hydroxyl groups excluding tert-OH is 1. The molecule has 1 N–H and O–H groups in total. The molecule has 1 aromatic heterocycles. The molecule has 1 fully saturated rings. The molecule has 1 aliphatic heterocycles. The highest BCUT2D eigenvalue weighted by Gasteiger charge is 2.15. The van der Waals surface area contributed by atoms with E-state index >= 15 is 0 Å². The lowest BCUT2D eigenvalue weighted by Gasteiger charge is -2.22. The third-order valence-electron chi connectivity index (χ3n) is 3.59. The van der Waals surface area contributed by atoms with Crippen LogP contribution in [0.5, 0.6) is 0 Å². The number of aromatic nitrogens is 1. The Morgan fingerprint density at radius 1 is 1.41 bits per heavy atom. The van der Waals surface area contributed by atoms with E-state index < -0.39 is 6.10 Å². The van der Waals surface area contributed by atoms with Gasteiger partial charge in [-0.25, -0.2) is 4.98 Å². The van der Waals surface area contributed by atoms with Gasteiger partial charge in [-0.2, -0.15) is 0 Å². The molecular weight excluding hydrogens is 212 g/mol. The molecule has 17 heavy (non-hydrogen) atoms. The number of anilines is 1. The van der Waals surface area contributed by atoms with Crippen molar-refractivity contribution in [1.82, 2.24) is 4.98 Å². The zero-order valence-corrected chi connectivity index (χ0v) is 10.8. The van der Waals surface area contributed by atoms with Crippen LogP contribution in [-0.2, 0) is 0 Å². The minimum absolute atomic E-state index is 0.414. The maximum absolute atomic E-state index is 9.60. The first-order valence-corrected chi connectivity index (χ1v) is 6.56. The molecule has 1 aromatic rings. The third-order valence-corrected chi connectivity index (χ3v) is 3.59. The van der Waals surface area contributed by atoms with Crippen LogP contribution in [0, 0.1) is 5.92 Å². The minimum atomic E-state index is -0.414. The molecule has 1 saturated heterocycles. The molecule has 3 nitrogen and oxygen atoms in total. The average Bonchev–Trinajstić information content (AvgIpc) is 2.54. The van der Waals surface area contributed by atoms with Gasteiger partial charge in [0.1, 0.15) is 5.82 Å². The molecule has 2 rings (SSSR count). The Hall–Kier alpha value is -1.09. The fourth-order valence-electron chi connectivity index (χ4n) is 2.36.